The molecule has 0 aliphatic carbocycles. The molecule has 13 heavy (non-hydrogen) atoms. The first-order chi connectivity index (χ1) is 6.11. The number of imide groups is 1. The van der Waals surface area contributed by atoms with Crippen molar-refractivity contribution in [1.82, 2.24) is 10.6 Å². The van der Waals surface area contributed by atoms with Crippen LogP contribution in [0.3, 0.4) is 0 Å². The van der Waals surface area contributed by atoms with Gasteiger partial charge in [0.25, 0.3) is 0 Å². The molecule has 0 heterocycles. The predicted octanol–water partition coefficient (Wildman–Crippen LogP) is -1.63. The van der Waals surface area contributed by atoms with E-state index in [9.17, 15) is 9.59 Å². The van der Waals surface area contributed by atoms with Crippen LogP contribution in [0.5, 0.6) is 0 Å². The minimum Gasteiger partial charge on any atom is -0.394 e. The van der Waals surface area contributed by atoms with Crippen molar-refractivity contribution in [1.29, 1.82) is 0 Å². The standard InChI is InChI=1S/C6H12ClN3O3/c7-1-2-9-6(13)10-5(12)4(8)3-11/h4,11H,1-3,8H2,(H2,9,10,12,13)/t4-/m0/s1. The first-order valence-electron chi connectivity index (χ1n) is 3.63. The van der Waals surface area contributed by atoms with E-state index in [4.69, 9.17) is 22.4 Å². The molecule has 3 amide bonds. The molecule has 0 saturated heterocycles. The van der Waals surface area contributed by atoms with E-state index in [1.807, 2.05) is 5.32 Å². The first kappa shape index (κ1) is 12.2. The van der Waals surface area contributed by atoms with Crippen molar-refractivity contribution >= 4 is 23.5 Å². The number of aliphatic hydroxyl groups excluding tert-OH is 1. The monoisotopic (exact) mass is 209 g/mol. The summed E-state index contributed by atoms with van der Waals surface area (Å²) in [6.45, 7) is -0.246. The van der Waals surface area contributed by atoms with Gasteiger partial charge in [0.15, 0.2) is 0 Å². The van der Waals surface area contributed by atoms with E-state index < -0.39 is 24.6 Å². The largest absolute Gasteiger partial charge is 0.394 e. The number of hydrogen-bond donors (Lipinski definition) is 4. The summed E-state index contributed by atoms with van der Waals surface area (Å²) in [7, 11) is 0. The third-order valence-corrected chi connectivity index (χ3v) is 1.34. The van der Waals surface area contributed by atoms with Gasteiger partial charge in [-0.05, 0) is 0 Å². The number of alkyl halides is 1. The molecule has 0 aliphatic heterocycles. The Bertz CT molecular complexity index is 188. The maximum atomic E-state index is 10.9. The Labute approximate surface area is 80.4 Å². The van der Waals surface area contributed by atoms with Crippen LogP contribution in [0.2, 0.25) is 0 Å². The van der Waals surface area contributed by atoms with Crippen molar-refractivity contribution in [2.75, 3.05) is 19.0 Å². The third-order valence-electron chi connectivity index (χ3n) is 1.15. The average Bonchev–Trinajstić information content (AvgIpc) is 2.13. The molecule has 0 radical (unpaired) electrons. The highest BCUT2D eigenvalue weighted by atomic mass is 35.5. The Morgan fingerprint density at radius 2 is 2.15 bits per heavy atom. The lowest BCUT2D eigenvalue weighted by atomic mass is 10.3. The highest BCUT2D eigenvalue weighted by Gasteiger charge is 2.14. The van der Waals surface area contributed by atoms with Crippen LogP contribution in [0.15, 0.2) is 0 Å². The summed E-state index contributed by atoms with van der Waals surface area (Å²) in [5.41, 5.74) is 5.13. The van der Waals surface area contributed by atoms with Gasteiger partial charge in [-0.25, -0.2) is 4.79 Å². The van der Waals surface area contributed by atoms with E-state index in [1.54, 1.807) is 0 Å². The predicted molar refractivity (Wildman–Crippen MR) is 47.3 cm³/mol. The second-order valence-corrected chi connectivity index (χ2v) is 2.60. The van der Waals surface area contributed by atoms with E-state index in [-0.39, 0.29) is 12.4 Å². The van der Waals surface area contributed by atoms with Crippen molar-refractivity contribution < 1.29 is 14.7 Å². The van der Waals surface area contributed by atoms with E-state index >= 15 is 0 Å². The Morgan fingerprint density at radius 3 is 2.62 bits per heavy atom. The zero-order valence-electron chi connectivity index (χ0n) is 6.92. The normalized spacial score (nSPS) is 11.9. The zero-order valence-corrected chi connectivity index (χ0v) is 7.67. The van der Waals surface area contributed by atoms with Crippen LogP contribution in [-0.2, 0) is 4.79 Å². The molecule has 76 valence electrons. The lowest BCUT2D eigenvalue weighted by Crippen LogP contribution is -2.49. The fourth-order valence-electron chi connectivity index (χ4n) is 0.492. The molecule has 6 nitrogen and oxygen atoms in total. The molecule has 0 rings (SSSR count). The van der Waals surface area contributed by atoms with Crippen molar-refractivity contribution in [2.24, 2.45) is 5.73 Å². The van der Waals surface area contributed by atoms with Crippen molar-refractivity contribution in [3.8, 4) is 0 Å². The number of nitrogens with one attached hydrogen (secondary N) is 2. The van der Waals surface area contributed by atoms with Crippen LogP contribution in [0.25, 0.3) is 0 Å². The number of amides is 3. The van der Waals surface area contributed by atoms with Gasteiger partial charge in [-0.15, -0.1) is 11.6 Å². The summed E-state index contributed by atoms with van der Waals surface area (Å²) >= 11 is 5.28. The van der Waals surface area contributed by atoms with Crippen molar-refractivity contribution in [2.45, 2.75) is 6.04 Å². The summed E-state index contributed by atoms with van der Waals surface area (Å²) in [6, 6.07) is -1.75. The number of nitrogens with two attached hydrogens (primary N) is 1. The van der Waals surface area contributed by atoms with Crippen LogP contribution >= 0.6 is 11.6 Å². The van der Waals surface area contributed by atoms with E-state index in [1.165, 1.54) is 0 Å². The van der Waals surface area contributed by atoms with Crippen LogP contribution in [-0.4, -0.2) is 42.1 Å². The van der Waals surface area contributed by atoms with Crippen molar-refractivity contribution in [3.63, 3.8) is 0 Å². The fraction of sp³-hybridized carbons (Fsp3) is 0.667. The Hall–Kier alpha value is -0.850. The Kier molecular flexibility index (Phi) is 6.21. The van der Waals surface area contributed by atoms with Gasteiger partial charge in [0.2, 0.25) is 5.91 Å². The molecule has 0 unspecified atom stereocenters. The molecule has 0 aromatic rings. The van der Waals surface area contributed by atoms with Gasteiger partial charge in [-0.2, -0.15) is 0 Å². The summed E-state index contributed by atoms with van der Waals surface area (Å²) in [5.74, 6) is -0.470. The Balaban J connectivity index is 3.71. The van der Waals surface area contributed by atoms with E-state index in [0.29, 0.717) is 0 Å². The maximum absolute atomic E-state index is 10.9. The summed E-state index contributed by atoms with van der Waals surface area (Å²) < 4.78 is 0. The third kappa shape index (κ3) is 5.40. The molecular formula is C6H12ClN3O3. The highest BCUT2D eigenvalue weighted by molar-refractivity contribution is 6.18. The van der Waals surface area contributed by atoms with Gasteiger partial charge in [0, 0.05) is 12.4 Å². The molecule has 5 N–H and O–H groups in total. The summed E-state index contributed by atoms with van der Waals surface area (Å²) in [4.78, 5) is 21.7. The number of rotatable bonds is 4. The molecule has 0 aliphatic rings. The van der Waals surface area contributed by atoms with Crippen LogP contribution < -0.4 is 16.4 Å². The van der Waals surface area contributed by atoms with Crippen molar-refractivity contribution in [3.05, 3.63) is 0 Å². The smallest absolute Gasteiger partial charge is 0.321 e. The maximum Gasteiger partial charge on any atom is 0.321 e. The summed E-state index contributed by atoms with van der Waals surface area (Å²) in [5, 5.41) is 12.7. The number of carbonyl (C=O) groups is 2. The first-order valence-corrected chi connectivity index (χ1v) is 4.16. The quantitative estimate of drug-likeness (QED) is 0.418. The lowest BCUT2D eigenvalue weighted by Gasteiger charge is -2.08. The summed E-state index contributed by atoms with van der Waals surface area (Å²) in [6.07, 6.45) is 0. The molecule has 0 aromatic carbocycles. The molecule has 0 spiro atoms. The fourth-order valence-corrected chi connectivity index (χ4v) is 0.587. The molecule has 1 atom stereocenters. The molecular weight excluding hydrogens is 198 g/mol. The number of hydrogen-bond acceptors (Lipinski definition) is 4. The Morgan fingerprint density at radius 1 is 1.54 bits per heavy atom. The number of carbonyl (C=O) groups excluding carboxylic acids is 2. The number of halogens is 1. The zero-order chi connectivity index (χ0) is 10.3. The molecule has 7 heteroatoms. The molecule has 0 fully saturated rings. The van der Waals surface area contributed by atoms with E-state index in [2.05, 4.69) is 5.32 Å². The van der Waals surface area contributed by atoms with Gasteiger partial charge < -0.3 is 16.2 Å². The average molecular weight is 210 g/mol. The highest BCUT2D eigenvalue weighted by Crippen LogP contribution is 1.77. The number of urea groups is 1. The molecule has 0 saturated carbocycles. The minimum atomic E-state index is -1.08. The van der Waals surface area contributed by atoms with Gasteiger partial charge in [-0.1, -0.05) is 0 Å². The second kappa shape index (κ2) is 6.64. The molecule has 0 aromatic heterocycles. The van der Waals surface area contributed by atoms with Crippen LogP contribution in [0.4, 0.5) is 4.79 Å². The van der Waals surface area contributed by atoms with Crippen LogP contribution in [0.1, 0.15) is 0 Å². The lowest BCUT2D eigenvalue weighted by molar-refractivity contribution is -0.122. The van der Waals surface area contributed by atoms with Crippen LogP contribution in [0, 0.1) is 0 Å². The van der Waals surface area contributed by atoms with Gasteiger partial charge in [-0.3, -0.25) is 10.1 Å². The van der Waals surface area contributed by atoms with Gasteiger partial charge in [0.1, 0.15) is 6.04 Å². The molecule has 0 bridgehead atoms. The van der Waals surface area contributed by atoms with Gasteiger partial charge in [0.05, 0.1) is 6.61 Å². The SMILES string of the molecule is N[C@@H](CO)C(=O)NC(=O)NCCCl. The van der Waals surface area contributed by atoms with E-state index in [0.717, 1.165) is 0 Å². The van der Waals surface area contributed by atoms with Gasteiger partial charge >= 0.3 is 6.03 Å². The number of aliphatic hydroxyl groups is 1. The topological polar surface area (TPSA) is 104 Å². The second-order valence-electron chi connectivity index (χ2n) is 2.22. The minimum absolute atomic E-state index is 0.258.